The van der Waals surface area contributed by atoms with E-state index in [1.807, 2.05) is 12.1 Å². The third kappa shape index (κ3) is 4.53. The van der Waals surface area contributed by atoms with Gasteiger partial charge in [-0.05, 0) is 28.1 Å². The van der Waals surface area contributed by atoms with E-state index in [1.54, 1.807) is 20.1 Å². The normalized spacial score (nSPS) is 11.3. The van der Waals surface area contributed by atoms with Crippen LogP contribution in [0.2, 0.25) is 0 Å². The van der Waals surface area contributed by atoms with E-state index in [0.717, 1.165) is 4.47 Å². The summed E-state index contributed by atoms with van der Waals surface area (Å²) < 4.78 is 5.89. The van der Waals surface area contributed by atoms with Gasteiger partial charge in [0, 0.05) is 23.0 Å². The van der Waals surface area contributed by atoms with Crippen molar-refractivity contribution < 1.29 is 9.53 Å². The highest BCUT2D eigenvalue weighted by atomic mass is 79.9. The molecule has 4 nitrogen and oxygen atoms in total. The van der Waals surface area contributed by atoms with Gasteiger partial charge in [-0.3, -0.25) is 4.79 Å². The van der Waals surface area contributed by atoms with Gasteiger partial charge >= 0.3 is 0 Å². The number of rotatable bonds is 4. The monoisotopic (exact) mass is 322 g/mol. The van der Waals surface area contributed by atoms with Crippen LogP contribution in [0.25, 0.3) is 0 Å². The molecule has 0 saturated heterocycles. The largest absolute Gasteiger partial charge is 0.497 e. The topological polar surface area (TPSA) is 64.3 Å². The molecule has 0 fully saturated rings. The van der Waals surface area contributed by atoms with Crippen molar-refractivity contribution in [1.82, 2.24) is 0 Å². The maximum Gasteiger partial charge on any atom is 0.228 e. The molecule has 0 aliphatic heterocycles. The maximum absolute atomic E-state index is 11.6. The summed E-state index contributed by atoms with van der Waals surface area (Å²) >= 11 is 3.36. The van der Waals surface area contributed by atoms with Crippen molar-refractivity contribution in [2.24, 2.45) is 11.7 Å². The summed E-state index contributed by atoms with van der Waals surface area (Å²) in [6.07, 6.45) is 0. The number of nitrogens with one attached hydrogen (secondary N) is 1. The predicted octanol–water partition coefficient (Wildman–Crippen LogP) is 2.41. The standard InChI is InChI=1S/C11H15BrN2O2.ClH/c1-7(6-13)11(15)14-10-5-8(16-2)3-4-9(10)12;/h3-5,7H,6,13H2,1-2H3,(H,14,15);1H. The van der Waals surface area contributed by atoms with Crippen LogP contribution in [0.3, 0.4) is 0 Å². The molecule has 0 aliphatic rings. The second-order valence-corrected chi connectivity index (χ2v) is 4.33. The summed E-state index contributed by atoms with van der Waals surface area (Å²) in [7, 11) is 1.58. The molecule has 0 aromatic heterocycles. The number of hydrogen-bond donors (Lipinski definition) is 2. The Kier molecular flexibility index (Phi) is 7.18. The number of hydrogen-bond acceptors (Lipinski definition) is 3. The molecule has 1 unspecified atom stereocenters. The predicted molar refractivity (Wildman–Crippen MR) is 74.8 cm³/mol. The summed E-state index contributed by atoms with van der Waals surface area (Å²) in [6.45, 7) is 2.11. The molecular formula is C11H16BrClN2O2. The summed E-state index contributed by atoms with van der Waals surface area (Å²) in [4.78, 5) is 11.6. The van der Waals surface area contributed by atoms with Gasteiger partial charge in [-0.2, -0.15) is 0 Å². The van der Waals surface area contributed by atoms with Gasteiger partial charge in [0.25, 0.3) is 0 Å². The maximum atomic E-state index is 11.6. The fraction of sp³-hybridized carbons (Fsp3) is 0.364. The average Bonchev–Trinajstić information content (AvgIpc) is 2.30. The first-order valence-electron chi connectivity index (χ1n) is 4.93. The second-order valence-electron chi connectivity index (χ2n) is 3.47. The lowest BCUT2D eigenvalue weighted by Gasteiger charge is -2.12. The molecule has 3 N–H and O–H groups in total. The molecular weight excluding hydrogens is 307 g/mol. The van der Waals surface area contributed by atoms with E-state index in [4.69, 9.17) is 10.5 Å². The van der Waals surface area contributed by atoms with Crippen molar-refractivity contribution in [3.8, 4) is 5.75 Å². The van der Waals surface area contributed by atoms with Crippen molar-refractivity contribution in [2.75, 3.05) is 19.0 Å². The molecule has 0 bridgehead atoms. The Bertz CT molecular complexity index is 388. The summed E-state index contributed by atoms with van der Waals surface area (Å²) in [5.41, 5.74) is 6.11. The Balaban J connectivity index is 0.00000256. The lowest BCUT2D eigenvalue weighted by atomic mass is 10.1. The van der Waals surface area contributed by atoms with Crippen LogP contribution in [0.1, 0.15) is 6.92 Å². The number of halogens is 2. The Morgan fingerprint density at radius 3 is 2.76 bits per heavy atom. The van der Waals surface area contributed by atoms with E-state index in [2.05, 4.69) is 21.2 Å². The fourth-order valence-corrected chi connectivity index (χ4v) is 1.44. The van der Waals surface area contributed by atoms with Gasteiger partial charge in [-0.15, -0.1) is 12.4 Å². The number of ether oxygens (including phenoxy) is 1. The Labute approximate surface area is 115 Å². The number of anilines is 1. The minimum atomic E-state index is -0.210. The van der Waals surface area contributed by atoms with E-state index in [0.29, 0.717) is 18.0 Å². The molecule has 0 saturated carbocycles. The van der Waals surface area contributed by atoms with Gasteiger partial charge in [0.1, 0.15) is 5.75 Å². The van der Waals surface area contributed by atoms with Gasteiger partial charge in [-0.1, -0.05) is 6.92 Å². The fourth-order valence-electron chi connectivity index (χ4n) is 1.09. The highest BCUT2D eigenvalue weighted by Crippen LogP contribution is 2.27. The number of methoxy groups -OCH3 is 1. The van der Waals surface area contributed by atoms with E-state index >= 15 is 0 Å². The molecule has 17 heavy (non-hydrogen) atoms. The minimum Gasteiger partial charge on any atom is -0.497 e. The van der Waals surface area contributed by atoms with Gasteiger partial charge in [0.15, 0.2) is 0 Å². The Hall–Kier alpha value is -0.780. The number of carbonyl (C=O) groups excluding carboxylic acids is 1. The number of amides is 1. The second kappa shape index (κ2) is 7.53. The SMILES string of the molecule is COc1ccc(Br)c(NC(=O)C(C)CN)c1.Cl. The minimum absolute atomic E-state index is 0. The van der Waals surface area contributed by atoms with Crippen LogP contribution in [-0.4, -0.2) is 19.6 Å². The van der Waals surface area contributed by atoms with Crippen molar-refractivity contribution in [3.63, 3.8) is 0 Å². The van der Waals surface area contributed by atoms with Gasteiger partial charge in [-0.25, -0.2) is 0 Å². The average molecular weight is 324 g/mol. The summed E-state index contributed by atoms with van der Waals surface area (Å²) in [5.74, 6) is 0.383. The molecule has 6 heteroatoms. The number of nitrogens with two attached hydrogens (primary N) is 1. The third-order valence-electron chi connectivity index (χ3n) is 2.23. The quantitative estimate of drug-likeness (QED) is 0.894. The molecule has 1 atom stereocenters. The Morgan fingerprint density at radius 2 is 2.24 bits per heavy atom. The number of carbonyl (C=O) groups is 1. The van der Waals surface area contributed by atoms with Crippen LogP contribution in [-0.2, 0) is 4.79 Å². The van der Waals surface area contributed by atoms with Crippen LogP contribution < -0.4 is 15.8 Å². The summed E-state index contributed by atoms with van der Waals surface area (Å²) in [5, 5.41) is 2.79. The van der Waals surface area contributed by atoms with E-state index < -0.39 is 0 Å². The molecule has 1 aromatic rings. The number of benzene rings is 1. The van der Waals surface area contributed by atoms with E-state index in [1.165, 1.54) is 0 Å². The van der Waals surface area contributed by atoms with Crippen LogP contribution in [0.4, 0.5) is 5.69 Å². The molecule has 0 radical (unpaired) electrons. The molecule has 0 heterocycles. The molecule has 96 valence electrons. The molecule has 1 aromatic carbocycles. The first-order chi connectivity index (χ1) is 7.58. The first kappa shape index (κ1) is 16.2. The smallest absolute Gasteiger partial charge is 0.228 e. The Morgan fingerprint density at radius 1 is 1.59 bits per heavy atom. The van der Waals surface area contributed by atoms with Crippen molar-refractivity contribution in [2.45, 2.75) is 6.92 Å². The van der Waals surface area contributed by atoms with Crippen molar-refractivity contribution in [1.29, 1.82) is 0 Å². The first-order valence-corrected chi connectivity index (χ1v) is 5.72. The zero-order valence-electron chi connectivity index (χ0n) is 9.70. The van der Waals surface area contributed by atoms with E-state index in [-0.39, 0.29) is 24.2 Å². The van der Waals surface area contributed by atoms with Gasteiger partial charge in [0.05, 0.1) is 12.8 Å². The van der Waals surface area contributed by atoms with Crippen LogP contribution >= 0.6 is 28.3 Å². The van der Waals surface area contributed by atoms with Crippen molar-refractivity contribution in [3.05, 3.63) is 22.7 Å². The third-order valence-corrected chi connectivity index (χ3v) is 2.92. The molecule has 1 amide bonds. The lowest BCUT2D eigenvalue weighted by Crippen LogP contribution is -2.26. The summed E-state index contributed by atoms with van der Waals surface area (Å²) in [6, 6.07) is 5.39. The molecule has 0 aliphatic carbocycles. The zero-order chi connectivity index (χ0) is 12.1. The lowest BCUT2D eigenvalue weighted by molar-refractivity contribution is -0.119. The zero-order valence-corrected chi connectivity index (χ0v) is 12.1. The van der Waals surface area contributed by atoms with Crippen LogP contribution in [0.15, 0.2) is 22.7 Å². The van der Waals surface area contributed by atoms with Crippen molar-refractivity contribution >= 4 is 39.9 Å². The van der Waals surface area contributed by atoms with Gasteiger partial charge in [0.2, 0.25) is 5.91 Å². The molecule has 0 spiro atoms. The van der Waals surface area contributed by atoms with Crippen LogP contribution in [0.5, 0.6) is 5.75 Å². The van der Waals surface area contributed by atoms with Gasteiger partial charge < -0.3 is 15.8 Å². The van der Waals surface area contributed by atoms with Crippen LogP contribution in [0, 0.1) is 5.92 Å². The molecule has 1 rings (SSSR count). The van der Waals surface area contributed by atoms with E-state index in [9.17, 15) is 4.79 Å². The highest BCUT2D eigenvalue weighted by Gasteiger charge is 2.12. The highest BCUT2D eigenvalue weighted by molar-refractivity contribution is 9.10.